The van der Waals surface area contributed by atoms with Gasteiger partial charge in [-0.25, -0.2) is 9.97 Å². The molecule has 0 fully saturated rings. The van der Waals surface area contributed by atoms with Crippen LogP contribution in [-0.2, 0) is 0 Å². The topological polar surface area (TPSA) is 44.9 Å². The van der Waals surface area contributed by atoms with E-state index in [0.29, 0.717) is 5.95 Å². The van der Waals surface area contributed by atoms with Crippen molar-refractivity contribution in [2.45, 2.75) is 24.9 Å². The maximum Gasteiger partial charge on any atom is 0.235 e. The maximum atomic E-state index is 6.67. The van der Waals surface area contributed by atoms with Crippen LogP contribution in [-0.4, -0.2) is 19.1 Å². The first-order valence-corrected chi connectivity index (χ1v) is 17.1. The van der Waals surface area contributed by atoms with E-state index in [1.807, 2.05) is 0 Å². The van der Waals surface area contributed by atoms with Gasteiger partial charge in [-0.1, -0.05) is 103 Å². The lowest BCUT2D eigenvalue weighted by molar-refractivity contribution is 0.224. The van der Waals surface area contributed by atoms with Gasteiger partial charge < -0.3 is 9.30 Å². The quantitative estimate of drug-likeness (QED) is 0.195. The van der Waals surface area contributed by atoms with E-state index < -0.39 is 0 Å². The summed E-state index contributed by atoms with van der Waals surface area (Å²) >= 11 is 0. The fraction of sp³-hybridized carbons (Fsp3) is 0.0909. The van der Waals surface area contributed by atoms with E-state index >= 15 is 0 Å². The molecule has 8 aromatic rings. The van der Waals surface area contributed by atoms with Gasteiger partial charge in [-0.15, -0.1) is 0 Å². The van der Waals surface area contributed by atoms with Crippen LogP contribution in [0.4, 0.5) is 0 Å². The van der Waals surface area contributed by atoms with Crippen molar-refractivity contribution < 1.29 is 4.74 Å². The zero-order chi connectivity index (χ0) is 32.1. The van der Waals surface area contributed by atoms with Gasteiger partial charge in [0.2, 0.25) is 5.95 Å². The molecule has 0 spiro atoms. The normalized spacial score (nSPS) is 18.0. The molecule has 4 heterocycles. The van der Waals surface area contributed by atoms with Crippen molar-refractivity contribution >= 4 is 61.0 Å². The summed E-state index contributed by atoms with van der Waals surface area (Å²) in [6.07, 6.45) is 11.0. The van der Waals surface area contributed by atoms with Crippen molar-refractivity contribution in [1.29, 1.82) is 0 Å². The van der Waals surface area contributed by atoms with E-state index in [-0.39, 0.29) is 12.0 Å². The van der Waals surface area contributed by atoms with Gasteiger partial charge in [0.25, 0.3) is 0 Å². The summed E-state index contributed by atoms with van der Waals surface area (Å²) in [6, 6.07) is 42.9. The summed E-state index contributed by atoms with van der Waals surface area (Å²) in [4.78, 5) is 10.7. The molecule has 0 saturated carbocycles. The average Bonchev–Trinajstić information content (AvgIpc) is 3.82. The first-order valence-electron chi connectivity index (χ1n) is 17.1. The highest BCUT2D eigenvalue weighted by Gasteiger charge is 2.40. The molecular weight excluding hydrogens is 601 g/mol. The van der Waals surface area contributed by atoms with Crippen molar-refractivity contribution in [2.24, 2.45) is 0 Å². The second-order valence-electron chi connectivity index (χ2n) is 13.2. The van der Waals surface area contributed by atoms with Gasteiger partial charge in [0.15, 0.2) is 0 Å². The van der Waals surface area contributed by atoms with Crippen LogP contribution in [0.15, 0.2) is 140 Å². The second-order valence-corrected chi connectivity index (χ2v) is 13.2. The summed E-state index contributed by atoms with van der Waals surface area (Å²) < 4.78 is 11.3. The van der Waals surface area contributed by atoms with E-state index in [9.17, 15) is 0 Å². The Kier molecular flexibility index (Phi) is 5.56. The summed E-state index contributed by atoms with van der Waals surface area (Å²) in [7, 11) is 0. The molecule has 3 aliphatic rings. The molecule has 49 heavy (non-hydrogen) atoms. The van der Waals surface area contributed by atoms with E-state index in [1.54, 1.807) is 0 Å². The van der Waals surface area contributed by atoms with Crippen molar-refractivity contribution in [3.05, 3.63) is 162 Å². The minimum absolute atomic E-state index is 0.0940. The molecule has 11 rings (SSSR count). The van der Waals surface area contributed by atoms with Crippen molar-refractivity contribution in [2.75, 3.05) is 0 Å². The molecule has 2 unspecified atom stereocenters. The summed E-state index contributed by atoms with van der Waals surface area (Å²) in [5.74, 6) is 1.82. The molecule has 0 N–H and O–H groups in total. The lowest BCUT2D eigenvalue weighted by Gasteiger charge is -2.22. The van der Waals surface area contributed by atoms with E-state index in [0.717, 1.165) is 46.4 Å². The number of nitrogens with zero attached hydrogens (tertiary/aromatic N) is 4. The van der Waals surface area contributed by atoms with Gasteiger partial charge >= 0.3 is 0 Å². The number of allylic oxidation sites excluding steroid dienone is 4. The molecule has 0 bridgehead atoms. The lowest BCUT2D eigenvalue weighted by atomic mass is 9.86. The fourth-order valence-electron chi connectivity index (χ4n) is 8.48. The highest BCUT2D eigenvalue weighted by Crippen LogP contribution is 2.52. The summed E-state index contributed by atoms with van der Waals surface area (Å²) in [5, 5.41) is 4.78. The molecule has 2 aliphatic carbocycles. The SMILES string of the molecule is C1=CC2c3ccccc3OC2c2c1n(-c1nc(C3=CC(n4c5ccccc5c5ccccc54)=CCC3)c3ccccc3n1)c1ccccc21. The lowest BCUT2D eigenvalue weighted by Crippen LogP contribution is -2.14. The molecule has 3 aromatic heterocycles. The minimum atomic E-state index is -0.0940. The van der Waals surface area contributed by atoms with Crippen LogP contribution in [0, 0.1) is 0 Å². The number of fused-ring (bicyclic) bond motifs is 11. The van der Waals surface area contributed by atoms with Crippen LogP contribution in [0.3, 0.4) is 0 Å². The van der Waals surface area contributed by atoms with Crippen LogP contribution >= 0.6 is 0 Å². The maximum absolute atomic E-state index is 6.67. The zero-order valence-corrected chi connectivity index (χ0v) is 26.6. The second kappa shape index (κ2) is 10.1. The third kappa shape index (κ3) is 3.81. The minimum Gasteiger partial charge on any atom is -0.484 e. The van der Waals surface area contributed by atoms with E-state index in [2.05, 4.69) is 155 Å². The number of aromatic nitrogens is 4. The number of ether oxygens (including phenoxy) is 1. The number of benzene rings is 5. The third-order valence-electron chi connectivity index (χ3n) is 10.6. The molecule has 232 valence electrons. The smallest absolute Gasteiger partial charge is 0.235 e. The standard InChI is InChI=1S/C44H30N4O/c1-6-19-35-33(17-1)42(27-12-11-13-28(26-27)47-36-20-7-2-14-29(36)30-15-3-8-21-37(30)47)46-44(45-35)48-38-22-9-4-18-34(38)41-39(48)25-24-32-31-16-5-10-23-40(31)49-43(32)41/h1-10,13-26,32,43H,11-12H2. The molecule has 2 atom stereocenters. The average molecular weight is 631 g/mol. The number of rotatable bonds is 3. The first kappa shape index (κ1) is 26.8. The van der Waals surface area contributed by atoms with Crippen LogP contribution in [0.2, 0.25) is 0 Å². The Hall–Kier alpha value is -6.20. The Labute approximate surface area is 282 Å². The molecule has 1 aliphatic heterocycles. The van der Waals surface area contributed by atoms with Gasteiger partial charge in [0.1, 0.15) is 11.9 Å². The molecule has 0 saturated heterocycles. The van der Waals surface area contributed by atoms with E-state index in [4.69, 9.17) is 14.7 Å². The predicted octanol–water partition coefficient (Wildman–Crippen LogP) is 10.6. The largest absolute Gasteiger partial charge is 0.484 e. The van der Waals surface area contributed by atoms with Crippen molar-refractivity contribution in [1.82, 2.24) is 19.1 Å². The molecule has 5 aromatic carbocycles. The molecule has 5 heteroatoms. The van der Waals surface area contributed by atoms with Crippen LogP contribution in [0.1, 0.15) is 47.4 Å². The Bertz CT molecular complexity index is 2720. The Morgan fingerprint density at radius 2 is 1.29 bits per heavy atom. The number of para-hydroxylation sites is 5. The number of hydrogen-bond donors (Lipinski definition) is 0. The Morgan fingerprint density at radius 1 is 0.633 bits per heavy atom. The number of hydrogen-bond acceptors (Lipinski definition) is 3. The van der Waals surface area contributed by atoms with Gasteiger partial charge in [-0.2, -0.15) is 0 Å². The van der Waals surface area contributed by atoms with Crippen LogP contribution < -0.4 is 4.74 Å². The highest BCUT2D eigenvalue weighted by atomic mass is 16.5. The van der Waals surface area contributed by atoms with Crippen LogP contribution in [0.5, 0.6) is 5.75 Å². The summed E-state index contributed by atoms with van der Waals surface area (Å²) in [6.45, 7) is 0. The predicted molar refractivity (Wildman–Crippen MR) is 199 cm³/mol. The zero-order valence-electron chi connectivity index (χ0n) is 26.6. The van der Waals surface area contributed by atoms with Crippen LogP contribution in [0.25, 0.3) is 66.9 Å². The summed E-state index contributed by atoms with van der Waals surface area (Å²) in [5.41, 5.74) is 11.4. The van der Waals surface area contributed by atoms with Crippen molar-refractivity contribution in [3.63, 3.8) is 0 Å². The third-order valence-corrected chi connectivity index (χ3v) is 10.6. The Balaban J connectivity index is 1.11. The van der Waals surface area contributed by atoms with Crippen molar-refractivity contribution in [3.8, 4) is 11.7 Å². The highest BCUT2D eigenvalue weighted by molar-refractivity contribution is 6.11. The van der Waals surface area contributed by atoms with Gasteiger partial charge in [0.05, 0.1) is 33.5 Å². The fourth-order valence-corrected chi connectivity index (χ4v) is 8.48. The van der Waals surface area contributed by atoms with Gasteiger partial charge in [0, 0.05) is 44.3 Å². The molecule has 0 radical (unpaired) electrons. The van der Waals surface area contributed by atoms with Gasteiger partial charge in [-0.3, -0.25) is 4.57 Å². The van der Waals surface area contributed by atoms with E-state index in [1.165, 1.54) is 49.6 Å². The molecule has 5 nitrogen and oxygen atoms in total. The monoisotopic (exact) mass is 630 g/mol. The van der Waals surface area contributed by atoms with Gasteiger partial charge in [-0.05, 0) is 60.9 Å². The Morgan fingerprint density at radius 3 is 2.08 bits per heavy atom. The molecule has 0 amide bonds. The first-order chi connectivity index (χ1) is 24.3. The molecular formula is C44H30N4O.